The molecule has 126 valence electrons. The normalized spacial score (nSPS) is 20.8. The molecule has 0 spiro atoms. The molecule has 1 atom stereocenters. The Morgan fingerprint density at radius 3 is 2.68 bits per heavy atom. The molecule has 2 N–H and O–H groups in total. The highest BCUT2D eigenvalue weighted by atomic mass is 32.1. The van der Waals surface area contributed by atoms with Crippen molar-refractivity contribution in [2.75, 3.05) is 7.05 Å². The molecule has 2 aromatic carbocycles. The number of nitrogens with two attached hydrogens (primary N) is 1. The molecule has 0 radical (unpaired) electrons. The highest BCUT2D eigenvalue weighted by Crippen LogP contribution is 2.39. The Bertz CT molecular complexity index is 993. The van der Waals surface area contributed by atoms with E-state index in [1.165, 1.54) is 26.1 Å². The maximum atomic E-state index is 12.3. The molecule has 1 aliphatic rings. The fourth-order valence-electron chi connectivity index (χ4n) is 3.28. The topological polar surface area (TPSA) is 58.7 Å². The zero-order valence-electron chi connectivity index (χ0n) is 14.2. The fraction of sp³-hybridized carbons (Fsp3) is 0.200. The summed E-state index contributed by atoms with van der Waals surface area (Å²) in [6.45, 7) is 1.97. The number of aliphatic imine (C=N–C) groups is 1. The number of hydrogen-bond donors (Lipinski definition) is 1. The summed E-state index contributed by atoms with van der Waals surface area (Å²) in [5, 5.41) is 3.37. The molecule has 0 aliphatic carbocycles. The minimum atomic E-state index is -0.627. The maximum Gasteiger partial charge on any atom is 0.231 e. The minimum Gasteiger partial charge on any atom is -0.369 e. The van der Waals surface area contributed by atoms with Crippen LogP contribution in [-0.2, 0) is 10.3 Å². The van der Waals surface area contributed by atoms with Gasteiger partial charge in [-0.05, 0) is 35.6 Å². The molecule has 1 aliphatic heterocycles. The lowest BCUT2D eigenvalue weighted by Gasteiger charge is -2.33. The largest absolute Gasteiger partial charge is 0.369 e. The summed E-state index contributed by atoms with van der Waals surface area (Å²) in [7, 11) is 1.66. The van der Waals surface area contributed by atoms with Gasteiger partial charge in [0.15, 0.2) is 5.96 Å². The molecule has 0 saturated heterocycles. The maximum absolute atomic E-state index is 12.3. The average Bonchev–Trinajstić information content (AvgIpc) is 3.03. The summed E-state index contributed by atoms with van der Waals surface area (Å²) in [6.07, 6.45) is 0.320. The quantitative estimate of drug-likeness (QED) is 0.761. The van der Waals surface area contributed by atoms with Crippen LogP contribution in [0.25, 0.3) is 21.2 Å². The van der Waals surface area contributed by atoms with Crippen LogP contribution in [0.5, 0.6) is 0 Å². The van der Waals surface area contributed by atoms with Crippen molar-refractivity contribution >= 4 is 33.3 Å². The number of nitrogens with zero attached hydrogens (tertiary/aromatic N) is 2. The van der Waals surface area contributed by atoms with Crippen LogP contribution in [0.3, 0.4) is 0 Å². The third-order valence-corrected chi connectivity index (χ3v) is 5.82. The summed E-state index contributed by atoms with van der Waals surface area (Å²) in [6, 6.07) is 16.7. The highest BCUT2D eigenvalue weighted by Gasteiger charge is 2.36. The SMILES string of the molecule is CN1C(=O)C[C@@](C)(c2ccc3scc(-c4ccccc4)c3c2)N=C1N. The molecule has 0 fully saturated rings. The number of carbonyl (C=O) groups is 1. The molecule has 0 saturated carbocycles. The van der Waals surface area contributed by atoms with E-state index in [0.29, 0.717) is 6.42 Å². The van der Waals surface area contributed by atoms with Crippen LogP contribution in [-0.4, -0.2) is 23.8 Å². The highest BCUT2D eigenvalue weighted by molar-refractivity contribution is 7.17. The zero-order valence-corrected chi connectivity index (χ0v) is 15.0. The Labute approximate surface area is 150 Å². The van der Waals surface area contributed by atoms with E-state index in [2.05, 4.69) is 40.7 Å². The number of rotatable bonds is 2. The van der Waals surface area contributed by atoms with Gasteiger partial charge in [-0.25, -0.2) is 4.99 Å². The van der Waals surface area contributed by atoms with Gasteiger partial charge in [0.2, 0.25) is 5.91 Å². The first-order valence-electron chi connectivity index (χ1n) is 8.17. The Hall–Kier alpha value is -2.66. The lowest BCUT2D eigenvalue weighted by Crippen LogP contribution is -2.47. The third-order valence-electron chi connectivity index (χ3n) is 4.85. The first-order valence-corrected chi connectivity index (χ1v) is 9.05. The summed E-state index contributed by atoms with van der Waals surface area (Å²) >= 11 is 1.73. The van der Waals surface area contributed by atoms with Crippen molar-refractivity contribution in [2.45, 2.75) is 18.9 Å². The molecule has 2 heterocycles. The van der Waals surface area contributed by atoms with Crippen LogP contribution >= 0.6 is 11.3 Å². The number of guanidine groups is 1. The number of fused-ring (bicyclic) bond motifs is 1. The molecule has 25 heavy (non-hydrogen) atoms. The summed E-state index contributed by atoms with van der Waals surface area (Å²) < 4.78 is 1.22. The lowest BCUT2D eigenvalue weighted by molar-refractivity contribution is -0.128. The fourth-order valence-corrected chi connectivity index (χ4v) is 4.23. The van der Waals surface area contributed by atoms with Crippen molar-refractivity contribution in [1.82, 2.24) is 4.90 Å². The van der Waals surface area contributed by atoms with Gasteiger partial charge in [0.1, 0.15) is 0 Å². The predicted octanol–water partition coefficient (Wildman–Crippen LogP) is 3.96. The number of thiophene rings is 1. The molecule has 1 amide bonds. The molecule has 1 aromatic heterocycles. The number of amides is 1. The van der Waals surface area contributed by atoms with Gasteiger partial charge in [0, 0.05) is 22.7 Å². The first kappa shape index (κ1) is 15.8. The number of hydrogen-bond acceptors (Lipinski definition) is 4. The Balaban J connectivity index is 1.86. The van der Waals surface area contributed by atoms with Crippen molar-refractivity contribution in [3.63, 3.8) is 0 Å². The molecule has 5 heteroatoms. The van der Waals surface area contributed by atoms with E-state index >= 15 is 0 Å². The summed E-state index contributed by atoms with van der Waals surface area (Å²) in [5.41, 5.74) is 8.74. The summed E-state index contributed by atoms with van der Waals surface area (Å²) in [5.74, 6) is 0.260. The van der Waals surface area contributed by atoms with E-state index in [0.717, 1.165) is 5.56 Å². The van der Waals surface area contributed by atoms with Crippen LogP contribution in [0.1, 0.15) is 18.9 Å². The lowest BCUT2D eigenvalue weighted by atomic mass is 9.86. The Morgan fingerprint density at radius 1 is 1.20 bits per heavy atom. The van der Waals surface area contributed by atoms with Gasteiger partial charge in [-0.1, -0.05) is 36.4 Å². The van der Waals surface area contributed by atoms with Gasteiger partial charge in [-0.2, -0.15) is 0 Å². The second kappa shape index (κ2) is 5.70. The molecule has 4 rings (SSSR count). The van der Waals surface area contributed by atoms with Gasteiger partial charge in [-0.15, -0.1) is 11.3 Å². The van der Waals surface area contributed by atoms with E-state index in [1.807, 2.05) is 25.1 Å². The van der Waals surface area contributed by atoms with Crippen molar-refractivity contribution < 1.29 is 4.79 Å². The van der Waals surface area contributed by atoms with E-state index < -0.39 is 5.54 Å². The monoisotopic (exact) mass is 349 g/mol. The van der Waals surface area contributed by atoms with Crippen LogP contribution in [0, 0.1) is 0 Å². The van der Waals surface area contributed by atoms with E-state index in [4.69, 9.17) is 5.73 Å². The Morgan fingerprint density at radius 2 is 1.96 bits per heavy atom. The van der Waals surface area contributed by atoms with Crippen LogP contribution in [0.2, 0.25) is 0 Å². The molecule has 0 bridgehead atoms. The van der Waals surface area contributed by atoms with E-state index in [1.54, 1.807) is 18.4 Å². The van der Waals surface area contributed by atoms with Gasteiger partial charge in [-0.3, -0.25) is 9.69 Å². The van der Waals surface area contributed by atoms with Crippen molar-refractivity contribution in [3.8, 4) is 11.1 Å². The molecule has 3 aromatic rings. The summed E-state index contributed by atoms with van der Waals surface area (Å²) in [4.78, 5) is 18.3. The first-order chi connectivity index (χ1) is 12.0. The van der Waals surface area contributed by atoms with E-state index in [-0.39, 0.29) is 11.9 Å². The third kappa shape index (κ3) is 2.61. The molecular weight excluding hydrogens is 330 g/mol. The van der Waals surface area contributed by atoms with Crippen molar-refractivity contribution in [1.29, 1.82) is 0 Å². The minimum absolute atomic E-state index is 0.0105. The zero-order chi connectivity index (χ0) is 17.6. The smallest absolute Gasteiger partial charge is 0.231 e. The van der Waals surface area contributed by atoms with E-state index in [9.17, 15) is 4.79 Å². The second-order valence-electron chi connectivity index (χ2n) is 6.60. The van der Waals surface area contributed by atoms with Crippen LogP contribution in [0.15, 0.2) is 58.9 Å². The van der Waals surface area contributed by atoms with Crippen molar-refractivity contribution in [2.24, 2.45) is 10.7 Å². The van der Waals surface area contributed by atoms with Crippen LogP contribution < -0.4 is 5.73 Å². The molecule has 4 nitrogen and oxygen atoms in total. The van der Waals surface area contributed by atoms with Crippen molar-refractivity contribution in [3.05, 3.63) is 59.5 Å². The predicted molar refractivity (Wildman–Crippen MR) is 104 cm³/mol. The van der Waals surface area contributed by atoms with Gasteiger partial charge in [0.05, 0.1) is 12.0 Å². The Kier molecular flexibility index (Phi) is 3.62. The number of benzene rings is 2. The van der Waals surface area contributed by atoms with Gasteiger partial charge >= 0.3 is 0 Å². The average molecular weight is 349 g/mol. The van der Waals surface area contributed by atoms with Gasteiger partial charge < -0.3 is 5.73 Å². The number of carbonyl (C=O) groups excluding carboxylic acids is 1. The molecular formula is C20H19N3OS. The standard InChI is InChI=1S/C20H19N3OS/c1-20(11-18(24)23(2)19(21)22-20)14-8-9-17-15(10-14)16(12-25-17)13-6-4-3-5-7-13/h3-10,12H,11H2,1-2H3,(H2,21,22)/t20-/m0/s1. The molecule has 0 unspecified atom stereocenters. The van der Waals surface area contributed by atoms with Gasteiger partial charge in [0.25, 0.3) is 0 Å². The second-order valence-corrected chi connectivity index (χ2v) is 7.51. The van der Waals surface area contributed by atoms with Crippen LogP contribution in [0.4, 0.5) is 0 Å².